The van der Waals surface area contributed by atoms with E-state index in [2.05, 4.69) is 36.9 Å². The van der Waals surface area contributed by atoms with E-state index in [-0.39, 0.29) is 79.6 Å². The van der Waals surface area contributed by atoms with E-state index >= 15 is 0 Å². The Morgan fingerprint density at radius 3 is 2.21 bits per heavy atom. The Hall–Kier alpha value is -4.32. The molecule has 17 heteroatoms. The number of sulfonamides is 2. The van der Waals surface area contributed by atoms with Crippen LogP contribution in [0.2, 0.25) is 0 Å². The third kappa shape index (κ3) is 8.22. The molecular formula is C39H51N9O6S2. The SMILES string of the molecule is CCCS(=O)(=O)N1CC(CNC(=O)C2CCC(C3=NC(C4(CNC(=O)c5cc(-c6ccccn6)n[nH]5)CN(S(=O)(=O)CCC)C4)CC=C3)C2)(c2ccccn2)C1. The maximum Gasteiger partial charge on any atom is 0.269 e. The predicted octanol–water partition coefficient (Wildman–Crippen LogP) is 2.93. The number of aromatic amines is 1. The van der Waals surface area contributed by atoms with Crippen LogP contribution in [0.15, 0.2) is 72.0 Å². The summed E-state index contributed by atoms with van der Waals surface area (Å²) in [5, 5.41) is 13.2. The van der Waals surface area contributed by atoms with Gasteiger partial charge in [-0.05, 0) is 74.9 Å². The summed E-state index contributed by atoms with van der Waals surface area (Å²) in [5.41, 5.74) is 1.90. The first-order chi connectivity index (χ1) is 26.9. The first kappa shape index (κ1) is 39.9. The number of aliphatic imine (C=N–C) groups is 1. The summed E-state index contributed by atoms with van der Waals surface area (Å²) in [5.74, 6) is -0.440. The number of amides is 2. The van der Waals surface area contributed by atoms with E-state index in [0.717, 1.165) is 17.8 Å². The molecule has 300 valence electrons. The van der Waals surface area contributed by atoms with Crippen LogP contribution >= 0.6 is 0 Å². The second-order valence-electron chi connectivity index (χ2n) is 15.7. The highest BCUT2D eigenvalue weighted by molar-refractivity contribution is 7.89. The minimum absolute atomic E-state index is 0.0505. The van der Waals surface area contributed by atoms with Crippen LogP contribution in [0.3, 0.4) is 0 Å². The fraction of sp³-hybridized carbons (Fsp3) is 0.538. The highest BCUT2D eigenvalue weighted by Gasteiger charge is 2.53. The predicted molar refractivity (Wildman–Crippen MR) is 213 cm³/mol. The standard InChI is InChI=1S/C39H51N9O6S2/c1-3-18-55(51,52)47-24-38(25-47,34-12-6-8-17-41-34)22-42-36(49)29-15-14-28(20-29)30-11-9-13-35(44-30)39(26-48(27-39)56(53,54)19-4-2)23-43-37(50)33-21-32(45-46-33)31-10-5-7-16-40-31/h5-12,16-17,21,28-29,35H,3-4,13-15,18-20,22-27H2,1-2H3,(H,42,49)(H,43,50)(H,45,46). The van der Waals surface area contributed by atoms with Crippen molar-refractivity contribution in [3.8, 4) is 11.4 Å². The average Bonchev–Trinajstić information content (AvgIpc) is 3.86. The Kier molecular flexibility index (Phi) is 11.6. The number of hydrogen-bond acceptors (Lipinski definition) is 10. The number of pyridine rings is 2. The van der Waals surface area contributed by atoms with Crippen molar-refractivity contribution >= 4 is 37.6 Å². The number of carbonyl (C=O) groups is 2. The molecule has 3 unspecified atom stereocenters. The zero-order chi connectivity index (χ0) is 39.6. The lowest BCUT2D eigenvalue weighted by Gasteiger charge is -2.52. The molecule has 3 aromatic heterocycles. The van der Waals surface area contributed by atoms with Crippen LogP contribution in [0.1, 0.15) is 68.6 Å². The molecule has 1 saturated carbocycles. The number of aromatic nitrogens is 4. The van der Waals surface area contributed by atoms with Gasteiger partial charge in [-0.25, -0.2) is 21.1 Å². The normalized spacial score (nSPS) is 23.5. The lowest BCUT2D eigenvalue weighted by molar-refractivity contribution is -0.125. The second-order valence-corrected chi connectivity index (χ2v) is 19.9. The van der Waals surface area contributed by atoms with Crippen LogP contribution in [-0.2, 0) is 30.3 Å². The van der Waals surface area contributed by atoms with Crippen LogP contribution in [-0.4, -0.2) is 120 Å². The van der Waals surface area contributed by atoms with Crippen molar-refractivity contribution in [1.29, 1.82) is 0 Å². The molecule has 0 spiro atoms. The minimum Gasteiger partial charge on any atom is -0.355 e. The molecule has 3 aliphatic heterocycles. The van der Waals surface area contributed by atoms with Crippen molar-refractivity contribution in [1.82, 2.24) is 39.4 Å². The molecule has 3 atom stereocenters. The number of rotatable bonds is 16. The third-order valence-electron chi connectivity index (χ3n) is 11.7. The molecule has 3 N–H and O–H groups in total. The van der Waals surface area contributed by atoms with Crippen LogP contribution in [0, 0.1) is 17.3 Å². The monoisotopic (exact) mass is 805 g/mol. The van der Waals surface area contributed by atoms with Gasteiger partial charge < -0.3 is 10.6 Å². The van der Waals surface area contributed by atoms with Crippen LogP contribution in [0.4, 0.5) is 0 Å². The lowest BCUT2D eigenvalue weighted by atomic mass is 9.72. The molecule has 4 aliphatic rings. The molecule has 56 heavy (non-hydrogen) atoms. The van der Waals surface area contributed by atoms with Crippen LogP contribution in [0.5, 0.6) is 0 Å². The Labute approximate surface area is 329 Å². The van der Waals surface area contributed by atoms with E-state index in [1.807, 2.05) is 50.3 Å². The van der Waals surface area contributed by atoms with Crippen LogP contribution < -0.4 is 10.6 Å². The maximum absolute atomic E-state index is 13.6. The van der Waals surface area contributed by atoms with Gasteiger partial charge in [-0.15, -0.1) is 0 Å². The van der Waals surface area contributed by atoms with Gasteiger partial charge >= 0.3 is 0 Å². The number of dihydropyridines is 1. The smallest absolute Gasteiger partial charge is 0.269 e. The zero-order valence-electron chi connectivity index (χ0n) is 31.9. The Morgan fingerprint density at radius 2 is 1.55 bits per heavy atom. The molecule has 6 heterocycles. The van der Waals surface area contributed by atoms with Crippen molar-refractivity contribution < 1.29 is 26.4 Å². The number of allylic oxidation sites excluding steroid dienone is 1. The van der Waals surface area contributed by atoms with Gasteiger partial charge in [0.25, 0.3) is 5.91 Å². The van der Waals surface area contributed by atoms with Gasteiger partial charge in [0.2, 0.25) is 26.0 Å². The Balaban J connectivity index is 1.01. The van der Waals surface area contributed by atoms with Crippen molar-refractivity contribution in [3.05, 3.63) is 78.4 Å². The quantitative estimate of drug-likeness (QED) is 0.195. The van der Waals surface area contributed by atoms with E-state index in [0.29, 0.717) is 50.0 Å². The average molecular weight is 806 g/mol. The first-order valence-electron chi connectivity index (χ1n) is 19.5. The molecule has 7 rings (SSSR count). The maximum atomic E-state index is 13.6. The van der Waals surface area contributed by atoms with E-state index in [4.69, 9.17) is 4.99 Å². The van der Waals surface area contributed by atoms with Gasteiger partial charge in [-0.3, -0.25) is 29.6 Å². The summed E-state index contributed by atoms with van der Waals surface area (Å²) in [4.78, 5) is 41.1. The molecule has 1 aliphatic carbocycles. The van der Waals surface area contributed by atoms with Gasteiger partial charge in [0.15, 0.2) is 0 Å². The third-order valence-corrected chi connectivity index (χ3v) is 15.6. The van der Waals surface area contributed by atoms with Crippen molar-refractivity contribution in [2.45, 2.75) is 63.8 Å². The number of nitrogens with one attached hydrogen (secondary N) is 3. The largest absolute Gasteiger partial charge is 0.355 e. The summed E-state index contributed by atoms with van der Waals surface area (Å²) < 4.78 is 54.7. The van der Waals surface area contributed by atoms with E-state index in [1.165, 1.54) is 8.61 Å². The van der Waals surface area contributed by atoms with Crippen molar-refractivity contribution in [2.75, 3.05) is 50.8 Å². The fourth-order valence-electron chi connectivity index (χ4n) is 8.48. The fourth-order valence-corrected chi connectivity index (χ4v) is 11.8. The summed E-state index contributed by atoms with van der Waals surface area (Å²) in [6.45, 7) is 5.24. The van der Waals surface area contributed by atoms with Crippen molar-refractivity contribution in [3.63, 3.8) is 0 Å². The molecule has 3 fully saturated rings. The van der Waals surface area contributed by atoms with E-state index in [9.17, 15) is 26.4 Å². The Bertz CT molecular complexity index is 2160. The molecule has 3 aromatic rings. The molecule has 2 amide bonds. The van der Waals surface area contributed by atoms with Gasteiger partial charge in [0.05, 0.1) is 34.4 Å². The summed E-state index contributed by atoms with van der Waals surface area (Å²) >= 11 is 0. The lowest BCUT2D eigenvalue weighted by Crippen LogP contribution is -2.67. The van der Waals surface area contributed by atoms with Gasteiger partial charge in [0.1, 0.15) is 11.4 Å². The topological polar surface area (TPSA) is 200 Å². The molecule has 0 radical (unpaired) electrons. The summed E-state index contributed by atoms with van der Waals surface area (Å²) in [6.07, 6.45) is 11.2. The number of carbonyl (C=O) groups excluding carboxylic acids is 2. The van der Waals surface area contributed by atoms with Gasteiger partial charge in [-0.2, -0.15) is 9.40 Å². The second kappa shape index (κ2) is 16.3. The molecule has 0 bridgehead atoms. The number of nitrogens with zero attached hydrogens (tertiary/aromatic N) is 6. The first-order valence-corrected chi connectivity index (χ1v) is 22.7. The molecular weight excluding hydrogens is 755 g/mol. The summed E-state index contributed by atoms with van der Waals surface area (Å²) in [6, 6.07) is 12.4. The highest BCUT2D eigenvalue weighted by Crippen LogP contribution is 2.42. The Morgan fingerprint density at radius 1 is 0.857 bits per heavy atom. The van der Waals surface area contributed by atoms with E-state index in [1.54, 1.807) is 24.5 Å². The van der Waals surface area contributed by atoms with Crippen molar-refractivity contribution in [2.24, 2.45) is 22.2 Å². The highest BCUT2D eigenvalue weighted by atomic mass is 32.2. The van der Waals surface area contributed by atoms with Crippen LogP contribution in [0.25, 0.3) is 11.4 Å². The minimum atomic E-state index is -3.44. The number of hydrogen-bond donors (Lipinski definition) is 3. The number of H-pyrrole nitrogens is 1. The summed E-state index contributed by atoms with van der Waals surface area (Å²) in [7, 11) is -6.81. The zero-order valence-corrected chi connectivity index (χ0v) is 33.6. The molecule has 2 saturated heterocycles. The van der Waals surface area contributed by atoms with Gasteiger partial charge in [0, 0.05) is 74.6 Å². The molecule has 15 nitrogen and oxygen atoms in total. The molecule has 0 aromatic carbocycles. The van der Waals surface area contributed by atoms with E-state index < -0.39 is 30.9 Å². The van der Waals surface area contributed by atoms with Gasteiger partial charge in [-0.1, -0.05) is 32.1 Å².